The molecule has 2 saturated carbocycles. The second-order valence-electron chi connectivity index (χ2n) is 5.37. The van der Waals surface area contributed by atoms with Crippen LogP contribution in [0.1, 0.15) is 45.4 Å². The van der Waals surface area contributed by atoms with Crippen molar-refractivity contribution in [3.8, 4) is 0 Å². The Morgan fingerprint density at radius 3 is 2.80 bits per heavy atom. The van der Waals surface area contributed by atoms with Gasteiger partial charge in [-0.1, -0.05) is 26.2 Å². The SMILES string of the molecule is CCC1CC1N1CNC2(CCCC2)C1=O. The molecule has 2 atom stereocenters. The van der Waals surface area contributed by atoms with Crippen molar-refractivity contribution < 1.29 is 4.79 Å². The molecule has 1 aliphatic heterocycles. The van der Waals surface area contributed by atoms with Crippen molar-refractivity contribution in [1.82, 2.24) is 10.2 Å². The van der Waals surface area contributed by atoms with E-state index in [9.17, 15) is 4.79 Å². The number of rotatable bonds is 2. The summed E-state index contributed by atoms with van der Waals surface area (Å²) in [5.74, 6) is 1.19. The predicted octanol–water partition coefficient (Wildman–Crippen LogP) is 1.49. The minimum Gasteiger partial charge on any atom is -0.325 e. The average Bonchev–Trinajstić information content (AvgIpc) is 2.75. The van der Waals surface area contributed by atoms with Crippen LogP contribution >= 0.6 is 0 Å². The molecule has 1 heterocycles. The van der Waals surface area contributed by atoms with Gasteiger partial charge in [0.15, 0.2) is 0 Å². The molecule has 0 aromatic heterocycles. The van der Waals surface area contributed by atoms with Crippen LogP contribution in [-0.2, 0) is 4.79 Å². The normalized spacial score (nSPS) is 37.9. The Kier molecular flexibility index (Phi) is 2.06. The maximum absolute atomic E-state index is 12.3. The fourth-order valence-electron chi connectivity index (χ4n) is 3.35. The monoisotopic (exact) mass is 208 g/mol. The highest BCUT2D eigenvalue weighted by atomic mass is 16.2. The topological polar surface area (TPSA) is 32.3 Å². The van der Waals surface area contributed by atoms with Gasteiger partial charge in [-0.25, -0.2) is 0 Å². The van der Waals surface area contributed by atoms with Crippen molar-refractivity contribution in [2.45, 2.75) is 57.0 Å². The zero-order valence-electron chi connectivity index (χ0n) is 9.46. The summed E-state index contributed by atoms with van der Waals surface area (Å²) in [6, 6.07) is 0.565. The van der Waals surface area contributed by atoms with E-state index in [4.69, 9.17) is 0 Å². The molecular weight excluding hydrogens is 188 g/mol. The summed E-state index contributed by atoms with van der Waals surface area (Å²) in [6.45, 7) is 3.03. The predicted molar refractivity (Wildman–Crippen MR) is 58.2 cm³/mol. The minimum atomic E-state index is -0.138. The van der Waals surface area contributed by atoms with E-state index in [2.05, 4.69) is 17.1 Å². The lowest BCUT2D eigenvalue weighted by atomic mass is 9.98. The molecule has 3 rings (SSSR count). The number of carbonyl (C=O) groups is 1. The zero-order valence-corrected chi connectivity index (χ0v) is 9.46. The molecule has 0 bridgehead atoms. The van der Waals surface area contributed by atoms with Gasteiger partial charge in [-0.3, -0.25) is 10.1 Å². The molecule has 15 heavy (non-hydrogen) atoms. The van der Waals surface area contributed by atoms with Crippen molar-refractivity contribution >= 4 is 5.91 Å². The van der Waals surface area contributed by atoms with Gasteiger partial charge in [0.1, 0.15) is 0 Å². The van der Waals surface area contributed by atoms with Crippen LogP contribution in [0.25, 0.3) is 0 Å². The molecule has 1 saturated heterocycles. The number of nitrogens with zero attached hydrogens (tertiary/aromatic N) is 1. The van der Waals surface area contributed by atoms with Crippen molar-refractivity contribution in [1.29, 1.82) is 0 Å². The van der Waals surface area contributed by atoms with Crippen molar-refractivity contribution in [2.24, 2.45) is 5.92 Å². The van der Waals surface area contributed by atoms with Crippen molar-refractivity contribution in [2.75, 3.05) is 6.67 Å². The largest absolute Gasteiger partial charge is 0.325 e. The summed E-state index contributed by atoms with van der Waals surface area (Å²) in [5, 5.41) is 3.47. The second-order valence-corrected chi connectivity index (χ2v) is 5.37. The number of amides is 1. The molecule has 2 unspecified atom stereocenters. The molecule has 84 valence electrons. The maximum atomic E-state index is 12.3. The van der Waals surface area contributed by atoms with Gasteiger partial charge in [0.25, 0.3) is 0 Å². The van der Waals surface area contributed by atoms with Gasteiger partial charge in [0.2, 0.25) is 5.91 Å². The molecule has 1 amide bonds. The number of hydrogen-bond acceptors (Lipinski definition) is 2. The highest BCUT2D eigenvalue weighted by Crippen LogP contribution is 2.43. The first kappa shape index (κ1) is 9.64. The first-order valence-electron chi connectivity index (χ1n) is 6.33. The smallest absolute Gasteiger partial charge is 0.244 e. The molecule has 1 spiro atoms. The molecular formula is C12H20N2O. The summed E-state index contributed by atoms with van der Waals surface area (Å²) in [4.78, 5) is 14.4. The lowest BCUT2D eigenvalue weighted by Crippen LogP contribution is -2.44. The van der Waals surface area contributed by atoms with E-state index in [0.29, 0.717) is 11.9 Å². The van der Waals surface area contributed by atoms with E-state index in [1.807, 2.05) is 0 Å². The minimum absolute atomic E-state index is 0.138. The summed E-state index contributed by atoms with van der Waals surface area (Å²) in [6.07, 6.45) is 7.02. The molecule has 3 heteroatoms. The van der Waals surface area contributed by atoms with Crippen LogP contribution in [0.4, 0.5) is 0 Å². The molecule has 0 aromatic carbocycles. The van der Waals surface area contributed by atoms with Crippen LogP contribution in [0, 0.1) is 5.92 Å². The van der Waals surface area contributed by atoms with E-state index >= 15 is 0 Å². The Morgan fingerprint density at radius 1 is 1.47 bits per heavy atom. The van der Waals surface area contributed by atoms with Crippen LogP contribution in [0.5, 0.6) is 0 Å². The first-order chi connectivity index (χ1) is 7.27. The molecule has 2 aliphatic carbocycles. The summed E-state index contributed by atoms with van der Waals surface area (Å²) < 4.78 is 0. The van der Waals surface area contributed by atoms with Crippen LogP contribution in [-0.4, -0.2) is 29.1 Å². The van der Waals surface area contributed by atoms with Gasteiger partial charge in [-0.15, -0.1) is 0 Å². The van der Waals surface area contributed by atoms with E-state index < -0.39 is 0 Å². The van der Waals surface area contributed by atoms with Gasteiger partial charge in [-0.2, -0.15) is 0 Å². The lowest BCUT2D eigenvalue weighted by molar-refractivity contribution is -0.132. The molecule has 1 N–H and O–H groups in total. The lowest BCUT2D eigenvalue weighted by Gasteiger charge is -2.21. The van der Waals surface area contributed by atoms with Crippen LogP contribution in [0.15, 0.2) is 0 Å². The van der Waals surface area contributed by atoms with Gasteiger partial charge in [0.05, 0.1) is 12.2 Å². The Morgan fingerprint density at radius 2 is 2.20 bits per heavy atom. The van der Waals surface area contributed by atoms with Crippen LogP contribution < -0.4 is 5.32 Å². The maximum Gasteiger partial charge on any atom is 0.244 e. The van der Waals surface area contributed by atoms with Gasteiger partial charge >= 0.3 is 0 Å². The van der Waals surface area contributed by atoms with Crippen LogP contribution in [0.3, 0.4) is 0 Å². The second kappa shape index (κ2) is 3.21. The third kappa shape index (κ3) is 1.32. The Hall–Kier alpha value is -0.570. The number of hydrogen-bond donors (Lipinski definition) is 1. The standard InChI is InChI=1S/C12H20N2O/c1-2-9-7-10(9)14-8-13-12(11(14)15)5-3-4-6-12/h9-10,13H,2-8H2,1H3. The fraction of sp³-hybridized carbons (Fsp3) is 0.917. The zero-order chi connectivity index (χ0) is 10.5. The summed E-state index contributed by atoms with van der Waals surface area (Å²) in [5.41, 5.74) is -0.138. The van der Waals surface area contributed by atoms with Crippen molar-refractivity contribution in [3.05, 3.63) is 0 Å². The summed E-state index contributed by atoms with van der Waals surface area (Å²) in [7, 11) is 0. The highest BCUT2D eigenvalue weighted by molar-refractivity contribution is 5.89. The number of nitrogens with one attached hydrogen (secondary N) is 1. The third-order valence-corrected chi connectivity index (χ3v) is 4.53. The summed E-state index contributed by atoms with van der Waals surface area (Å²) >= 11 is 0. The van der Waals surface area contributed by atoms with Crippen LogP contribution in [0.2, 0.25) is 0 Å². The molecule has 3 aliphatic rings. The Balaban J connectivity index is 1.71. The van der Waals surface area contributed by atoms with E-state index in [1.54, 1.807) is 0 Å². The molecule has 0 radical (unpaired) electrons. The fourth-order valence-corrected chi connectivity index (χ4v) is 3.35. The number of carbonyl (C=O) groups excluding carboxylic acids is 1. The Bertz CT molecular complexity index is 283. The molecule has 0 aromatic rings. The molecule has 3 fully saturated rings. The van der Waals surface area contributed by atoms with Gasteiger partial charge in [-0.05, 0) is 25.2 Å². The van der Waals surface area contributed by atoms with E-state index in [-0.39, 0.29) is 5.54 Å². The van der Waals surface area contributed by atoms with Crippen molar-refractivity contribution in [3.63, 3.8) is 0 Å². The third-order valence-electron chi connectivity index (χ3n) is 4.53. The Labute approximate surface area is 91.2 Å². The first-order valence-corrected chi connectivity index (χ1v) is 6.33. The van der Waals surface area contributed by atoms with E-state index in [1.165, 1.54) is 25.7 Å². The van der Waals surface area contributed by atoms with E-state index in [0.717, 1.165) is 25.4 Å². The quantitative estimate of drug-likeness (QED) is 0.745. The molecule has 3 nitrogen and oxygen atoms in total. The average molecular weight is 208 g/mol. The van der Waals surface area contributed by atoms with Gasteiger partial charge in [0, 0.05) is 6.04 Å². The highest BCUT2D eigenvalue weighted by Gasteiger charge is 2.53. The van der Waals surface area contributed by atoms with Gasteiger partial charge < -0.3 is 4.90 Å².